The first-order valence-electron chi connectivity index (χ1n) is 6.02. The van der Waals surface area contributed by atoms with E-state index >= 15 is 0 Å². The molecule has 1 aliphatic heterocycles. The first kappa shape index (κ1) is 11.4. The van der Waals surface area contributed by atoms with Crippen LogP contribution >= 0.6 is 11.6 Å². The van der Waals surface area contributed by atoms with Crippen LogP contribution in [0.15, 0.2) is 42.5 Å². The molecule has 0 amide bonds. The van der Waals surface area contributed by atoms with Gasteiger partial charge < -0.3 is 10.1 Å². The first-order valence-corrected chi connectivity index (χ1v) is 6.39. The monoisotopic (exact) mass is 259 g/mol. The van der Waals surface area contributed by atoms with Crippen LogP contribution in [0.4, 0.5) is 5.69 Å². The van der Waals surface area contributed by atoms with Crippen molar-refractivity contribution in [2.75, 3.05) is 11.9 Å². The number of hydrogen-bond acceptors (Lipinski definition) is 2. The third kappa shape index (κ3) is 2.16. The van der Waals surface area contributed by atoms with Gasteiger partial charge >= 0.3 is 0 Å². The third-order valence-electron chi connectivity index (χ3n) is 3.03. The maximum absolute atomic E-state index is 6.02. The molecule has 2 aromatic rings. The average molecular weight is 260 g/mol. The van der Waals surface area contributed by atoms with Gasteiger partial charge in [-0.15, -0.1) is 0 Å². The van der Waals surface area contributed by atoms with Crippen LogP contribution in [0.2, 0.25) is 5.02 Å². The number of halogens is 1. The molecule has 3 rings (SSSR count). The van der Waals surface area contributed by atoms with Gasteiger partial charge in [0.15, 0.2) is 0 Å². The Morgan fingerprint density at radius 1 is 1.17 bits per heavy atom. The number of nitrogens with one attached hydrogen (secondary N) is 1. The second-order valence-electron chi connectivity index (χ2n) is 4.58. The summed E-state index contributed by atoms with van der Waals surface area (Å²) in [5.41, 5.74) is 3.30. The lowest BCUT2D eigenvalue weighted by molar-refractivity contribution is 0.292. The number of benzene rings is 2. The quantitative estimate of drug-likeness (QED) is 0.829. The number of fused-ring (bicyclic) bond motifs is 1. The van der Waals surface area contributed by atoms with E-state index in [2.05, 4.69) is 30.4 Å². The van der Waals surface area contributed by atoms with Gasteiger partial charge in [-0.25, -0.2) is 0 Å². The van der Waals surface area contributed by atoms with Crippen molar-refractivity contribution in [3.05, 3.63) is 47.5 Å². The van der Waals surface area contributed by atoms with Crippen molar-refractivity contribution < 1.29 is 4.74 Å². The highest BCUT2D eigenvalue weighted by molar-refractivity contribution is 6.30. The van der Waals surface area contributed by atoms with Gasteiger partial charge in [-0.05, 0) is 42.3 Å². The maximum Gasteiger partial charge on any atom is 0.142 e. The smallest absolute Gasteiger partial charge is 0.142 e. The molecule has 92 valence electrons. The van der Waals surface area contributed by atoms with E-state index in [0.29, 0.717) is 12.6 Å². The Labute approximate surface area is 112 Å². The summed E-state index contributed by atoms with van der Waals surface area (Å²) in [5, 5.41) is 4.18. The van der Waals surface area contributed by atoms with Crippen LogP contribution in [-0.4, -0.2) is 12.6 Å². The molecule has 0 spiro atoms. The van der Waals surface area contributed by atoms with Crippen LogP contribution in [-0.2, 0) is 0 Å². The predicted octanol–water partition coefficient (Wildman–Crippen LogP) is 4.20. The van der Waals surface area contributed by atoms with Crippen LogP contribution < -0.4 is 10.1 Å². The zero-order valence-electron chi connectivity index (χ0n) is 10.1. The zero-order valence-corrected chi connectivity index (χ0v) is 10.9. The topological polar surface area (TPSA) is 21.3 Å². The van der Waals surface area contributed by atoms with E-state index < -0.39 is 0 Å². The molecule has 0 aliphatic carbocycles. The van der Waals surface area contributed by atoms with Crippen LogP contribution in [0, 0.1) is 0 Å². The summed E-state index contributed by atoms with van der Waals surface area (Å²) in [6.07, 6.45) is 0. The minimum Gasteiger partial charge on any atom is -0.489 e. The molecule has 18 heavy (non-hydrogen) atoms. The van der Waals surface area contributed by atoms with E-state index in [1.807, 2.05) is 24.3 Å². The molecule has 0 aromatic heterocycles. The van der Waals surface area contributed by atoms with Crippen molar-refractivity contribution in [1.82, 2.24) is 0 Å². The van der Waals surface area contributed by atoms with Gasteiger partial charge in [0.1, 0.15) is 12.4 Å². The molecule has 2 nitrogen and oxygen atoms in total. The third-order valence-corrected chi connectivity index (χ3v) is 3.26. The Balaban J connectivity index is 2.01. The Bertz CT molecular complexity index is 582. The van der Waals surface area contributed by atoms with Crippen molar-refractivity contribution in [3.63, 3.8) is 0 Å². The Morgan fingerprint density at radius 3 is 2.83 bits per heavy atom. The molecular formula is C15H14ClNO. The van der Waals surface area contributed by atoms with E-state index in [-0.39, 0.29) is 0 Å². The molecule has 0 bridgehead atoms. The molecule has 0 saturated heterocycles. The van der Waals surface area contributed by atoms with Crippen molar-refractivity contribution >= 4 is 17.3 Å². The van der Waals surface area contributed by atoms with Crippen molar-refractivity contribution in [2.24, 2.45) is 0 Å². The van der Waals surface area contributed by atoms with Gasteiger partial charge in [0, 0.05) is 5.02 Å². The Hall–Kier alpha value is -1.67. The lowest BCUT2D eigenvalue weighted by Gasteiger charge is -2.25. The Morgan fingerprint density at radius 2 is 2.00 bits per heavy atom. The normalized spacial score (nSPS) is 17.6. The standard InChI is InChI=1S/C15H14ClNO/c1-10-9-18-15-6-5-12(8-14(15)17-10)11-3-2-4-13(16)7-11/h2-8,10,17H,9H2,1H3. The van der Waals surface area contributed by atoms with Gasteiger partial charge in [0.25, 0.3) is 0 Å². The molecule has 1 atom stereocenters. The van der Waals surface area contributed by atoms with Crippen molar-refractivity contribution in [1.29, 1.82) is 0 Å². The minimum absolute atomic E-state index is 0.340. The van der Waals surface area contributed by atoms with E-state index in [1.165, 1.54) is 0 Å². The largest absolute Gasteiger partial charge is 0.489 e. The average Bonchev–Trinajstić information content (AvgIpc) is 2.38. The molecule has 1 heterocycles. The summed E-state index contributed by atoms with van der Waals surface area (Å²) in [5.74, 6) is 0.916. The molecule has 0 saturated carbocycles. The van der Waals surface area contributed by atoms with E-state index in [4.69, 9.17) is 16.3 Å². The van der Waals surface area contributed by atoms with Gasteiger partial charge in [-0.1, -0.05) is 29.8 Å². The molecule has 1 unspecified atom stereocenters. The molecule has 0 radical (unpaired) electrons. The zero-order chi connectivity index (χ0) is 12.5. The van der Waals surface area contributed by atoms with Crippen LogP contribution in [0.25, 0.3) is 11.1 Å². The lowest BCUT2D eigenvalue weighted by atomic mass is 10.0. The van der Waals surface area contributed by atoms with Crippen LogP contribution in [0.1, 0.15) is 6.92 Å². The number of rotatable bonds is 1. The second kappa shape index (κ2) is 4.54. The summed E-state index contributed by atoms with van der Waals surface area (Å²) in [6, 6.07) is 14.4. The minimum atomic E-state index is 0.340. The van der Waals surface area contributed by atoms with Gasteiger partial charge in [-0.2, -0.15) is 0 Å². The number of anilines is 1. The lowest BCUT2D eigenvalue weighted by Crippen LogP contribution is -2.28. The summed E-state index contributed by atoms with van der Waals surface area (Å²) in [7, 11) is 0. The van der Waals surface area contributed by atoms with E-state index in [9.17, 15) is 0 Å². The SMILES string of the molecule is CC1COc2ccc(-c3cccc(Cl)c3)cc2N1. The first-order chi connectivity index (χ1) is 8.72. The Kier molecular flexibility index (Phi) is 2.88. The fourth-order valence-corrected chi connectivity index (χ4v) is 2.33. The van der Waals surface area contributed by atoms with E-state index in [0.717, 1.165) is 27.6 Å². The highest BCUT2D eigenvalue weighted by Gasteiger charge is 2.15. The molecule has 1 aliphatic rings. The number of hydrogen-bond donors (Lipinski definition) is 1. The summed E-state index contributed by atoms with van der Waals surface area (Å²) < 4.78 is 5.66. The molecule has 1 N–H and O–H groups in total. The van der Waals surface area contributed by atoms with Gasteiger partial charge in [-0.3, -0.25) is 0 Å². The highest BCUT2D eigenvalue weighted by atomic mass is 35.5. The molecule has 2 aromatic carbocycles. The molecule has 3 heteroatoms. The van der Waals surface area contributed by atoms with Gasteiger partial charge in [0.2, 0.25) is 0 Å². The predicted molar refractivity (Wildman–Crippen MR) is 75.5 cm³/mol. The summed E-state index contributed by atoms with van der Waals surface area (Å²) in [6.45, 7) is 2.82. The number of ether oxygens (including phenoxy) is 1. The van der Waals surface area contributed by atoms with Gasteiger partial charge in [0.05, 0.1) is 11.7 Å². The highest BCUT2D eigenvalue weighted by Crippen LogP contribution is 2.34. The molecule has 0 fully saturated rings. The fraction of sp³-hybridized carbons (Fsp3) is 0.200. The van der Waals surface area contributed by atoms with E-state index in [1.54, 1.807) is 0 Å². The van der Waals surface area contributed by atoms with Crippen LogP contribution in [0.5, 0.6) is 5.75 Å². The van der Waals surface area contributed by atoms with Crippen molar-refractivity contribution in [3.8, 4) is 16.9 Å². The fourth-order valence-electron chi connectivity index (χ4n) is 2.14. The van der Waals surface area contributed by atoms with Crippen LogP contribution in [0.3, 0.4) is 0 Å². The molecular weight excluding hydrogens is 246 g/mol. The summed E-state index contributed by atoms with van der Waals surface area (Å²) >= 11 is 6.02. The summed E-state index contributed by atoms with van der Waals surface area (Å²) in [4.78, 5) is 0. The second-order valence-corrected chi connectivity index (χ2v) is 5.01. The van der Waals surface area contributed by atoms with Crippen molar-refractivity contribution in [2.45, 2.75) is 13.0 Å². The maximum atomic E-state index is 6.02.